The van der Waals surface area contributed by atoms with Gasteiger partial charge in [0.05, 0.1) is 11.3 Å². The smallest absolute Gasteiger partial charge is 0.418 e. The van der Waals surface area contributed by atoms with Crippen molar-refractivity contribution in [3.8, 4) is 11.3 Å². The number of nitrogens with two attached hydrogens (primary N) is 1. The van der Waals surface area contributed by atoms with Crippen molar-refractivity contribution < 1.29 is 41.5 Å². The van der Waals surface area contributed by atoms with Gasteiger partial charge in [-0.2, -0.15) is 13.2 Å². The number of imide groups is 1. The lowest BCUT2D eigenvalue weighted by molar-refractivity contribution is -0.187. The summed E-state index contributed by atoms with van der Waals surface area (Å²) < 4.78 is 59.8. The fourth-order valence-electron chi connectivity index (χ4n) is 5.15. The number of primary amides is 1. The minimum absolute atomic E-state index is 0.0767. The Morgan fingerprint density at radius 2 is 1.83 bits per heavy atom. The van der Waals surface area contributed by atoms with Crippen molar-refractivity contribution in [2.24, 2.45) is 5.73 Å². The number of hydrogen-bond donors (Lipinski definition) is 1. The summed E-state index contributed by atoms with van der Waals surface area (Å²) in [6.45, 7) is -0.708. The zero-order valence-electron chi connectivity index (χ0n) is 22.2. The van der Waals surface area contributed by atoms with E-state index in [-0.39, 0.29) is 17.5 Å². The monoisotopic (exact) mass is 584 g/mol. The summed E-state index contributed by atoms with van der Waals surface area (Å²) in [7, 11) is 0. The number of fused-ring (bicyclic) bond motifs is 2. The first kappa shape index (κ1) is 28.7. The maximum Gasteiger partial charge on any atom is 0.418 e. The standard InChI is InChI=1S/C29H24F4N4O5/c1-16(29(31,32)33)36(14-17-2-6-21(30)7-3-17)24(38)15-37-26(40)28(42-27(37)41)11-10-18-12-19(4-8-22(18)28)23-9-5-20(13-35-23)25(34)39/h2-9,12-13,16H,10-11,14-15H2,1H3,(H2,34,39)/t16-,28+/m0/s1. The van der Waals surface area contributed by atoms with Gasteiger partial charge >= 0.3 is 12.3 Å². The molecule has 1 saturated heterocycles. The highest BCUT2D eigenvalue weighted by Crippen LogP contribution is 2.46. The van der Waals surface area contributed by atoms with E-state index in [0.717, 1.165) is 19.1 Å². The number of hydrogen-bond acceptors (Lipinski definition) is 6. The average molecular weight is 585 g/mol. The van der Waals surface area contributed by atoms with Gasteiger partial charge in [-0.25, -0.2) is 14.1 Å². The molecule has 1 aliphatic heterocycles. The summed E-state index contributed by atoms with van der Waals surface area (Å²) in [6, 6.07) is 10.5. The van der Waals surface area contributed by atoms with Gasteiger partial charge in [-0.05, 0) is 54.8 Å². The Balaban J connectivity index is 1.38. The Hall–Kier alpha value is -4.81. The largest absolute Gasteiger partial charge is 0.427 e. The van der Waals surface area contributed by atoms with E-state index in [1.54, 1.807) is 24.3 Å². The van der Waals surface area contributed by atoms with Crippen LogP contribution in [0.25, 0.3) is 11.3 Å². The number of pyridine rings is 1. The molecule has 1 fully saturated rings. The van der Waals surface area contributed by atoms with Crippen LogP contribution in [-0.4, -0.2) is 57.4 Å². The van der Waals surface area contributed by atoms with Crippen LogP contribution in [0.15, 0.2) is 60.8 Å². The van der Waals surface area contributed by atoms with Gasteiger partial charge in [0, 0.05) is 30.3 Å². The van der Waals surface area contributed by atoms with Gasteiger partial charge in [0.15, 0.2) is 0 Å². The molecule has 9 nitrogen and oxygen atoms in total. The van der Waals surface area contributed by atoms with E-state index in [2.05, 4.69) is 4.98 Å². The lowest BCUT2D eigenvalue weighted by atomic mass is 9.93. The normalized spacial score (nSPS) is 18.6. The molecule has 2 aromatic carbocycles. The maximum atomic E-state index is 13.7. The second-order valence-electron chi connectivity index (χ2n) is 10.1. The Kier molecular flexibility index (Phi) is 7.21. The average Bonchev–Trinajstić information content (AvgIpc) is 3.43. The summed E-state index contributed by atoms with van der Waals surface area (Å²) >= 11 is 0. The van der Waals surface area contributed by atoms with Crippen LogP contribution >= 0.6 is 0 Å². The molecule has 42 heavy (non-hydrogen) atoms. The van der Waals surface area contributed by atoms with E-state index in [1.807, 2.05) is 0 Å². The number of amides is 4. The highest BCUT2D eigenvalue weighted by Gasteiger charge is 2.58. The molecule has 0 unspecified atom stereocenters. The van der Waals surface area contributed by atoms with Crippen molar-refractivity contribution >= 4 is 23.8 Å². The molecule has 1 spiro atoms. The van der Waals surface area contributed by atoms with Gasteiger partial charge in [0.25, 0.3) is 5.91 Å². The number of alkyl halides is 3. The third-order valence-corrected chi connectivity index (χ3v) is 7.52. The summed E-state index contributed by atoms with van der Waals surface area (Å²) in [5.41, 5.74) is 6.29. The second-order valence-corrected chi connectivity index (χ2v) is 10.1. The number of ether oxygens (including phenoxy) is 1. The minimum atomic E-state index is -4.80. The maximum absolute atomic E-state index is 13.7. The molecule has 4 amide bonds. The first-order valence-corrected chi connectivity index (χ1v) is 12.9. The van der Waals surface area contributed by atoms with Crippen LogP contribution in [0, 0.1) is 5.82 Å². The highest BCUT2D eigenvalue weighted by molar-refractivity contribution is 6.06. The molecule has 5 rings (SSSR count). The fourth-order valence-corrected chi connectivity index (χ4v) is 5.15. The van der Waals surface area contributed by atoms with Gasteiger partial charge < -0.3 is 15.4 Å². The Bertz CT molecular complexity index is 1580. The van der Waals surface area contributed by atoms with Crippen molar-refractivity contribution in [1.29, 1.82) is 0 Å². The Morgan fingerprint density at radius 3 is 2.45 bits per heavy atom. The molecular weight excluding hydrogens is 560 g/mol. The van der Waals surface area contributed by atoms with E-state index >= 15 is 0 Å². The Morgan fingerprint density at radius 1 is 1.12 bits per heavy atom. The van der Waals surface area contributed by atoms with E-state index in [0.29, 0.717) is 38.6 Å². The van der Waals surface area contributed by atoms with E-state index in [9.17, 15) is 36.7 Å². The molecule has 218 valence electrons. The molecule has 1 aliphatic carbocycles. The number of nitrogens with zero attached hydrogens (tertiary/aromatic N) is 3. The topological polar surface area (TPSA) is 123 Å². The molecule has 3 aromatic rings. The number of rotatable bonds is 7. The summed E-state index contributed by atoms with van der Waals surface area (Å²) in [5.74, 6) is -3.21. The quantitative estimate of drug-likeness (QED) is 0.418. The van der Waals surface area contributed by atoms with Crippen LogP contribution in [0.1, 0.15) is 40.4 Å². The van der Waals surface area contributed by atoms with Crippen LogP contribution < -0.4 is 5.73 Å². The predicted molar refractivity (Wildman–Crippen MR) is 139 cm³/mol. The molecule has 2 aliphatic rings. The van der Waals surface area contributed by atoms with Crippen LogP contribution in [0.4, 0.5) is 22.4 Å². The molecule has 0 radical (unpaired) electrons. The zero-order chi connectivity index (χ0) is 30.4. The minimum Gasteiger partial charge on any atom is -0.427 e. The van der Waals surface area contributed by atoms with Gasteiger partial charge in [0.2, 0.25) is 17.4 Å². The van der Waals surface area contributed by atoms with Crippen molar-refractivity contribution in [2.75, 3.05) is 6.54 Å². The van der Waals surface area contributed by atoms with Crippen LogP contribution in [0.5, 0.6) is 0 Å². The van der Waals surface area contributed by atoms with Gasteiger partial charge in [-0.3, -0.25) is 19.4 Å². The molecule has 0 bridgehead atoms. The first-order chi connectivity index (χ1) is 19.8. The van der Waals surface area contributed by atoms with Gasteiger partial charge in [-0.15, -0.1) is 0 Å². The zero-order valence-corrected chi connectivity index (χ0v) is 22.2. The summed E-state index contributed by atoms with van der Waals surface area (Å²) in [6.07, 6.45) is -4.19. The lowest BCUT2D eigenvalue weighted by Gasteiger charge is -2.31. The Labute approximate surface area is 236 Å². The number of aromatic nitrogens is 1. The van der Waals surface area contributed by atoms with Crippen molar-refractivity contribution in [1.82, 2.24) is 14.8 Å². The van der Waals surface area contributed by atoms with Crippen molar-refractivity contribution in [2.45, 2.75) is 44.1 Å². The van der Waals surface area contributed by atoms with E-state index in [1.165, 1.54) is 24.4 Å². The molecular formula is C29H24F4N4O5. The number of benzene rings is 2. The first-order valence-electron chi connectivity index (χ1n) is 12.9. The number of halogens is 4. The van der Waals surface area contributed by atoms with Crippen molar-refractivity contribution in [3.05, 3.63) is 88.9 Å². The molecule has 0 saturated carbocycles. The molecule has 2 N–H and O–H groups in total. The van der Waals surface area contributed by atoms with Crippen LogP contribution in [0.2, 0.25) is 0 Å². The fraction of sp³-hybridized carbons (Fsp3) is 0.276. The molecule has 2 atom stereocenters. The number of aryl methyl sites for hydroxylation is 1. The second kappa shape index (κ2) is 10.5. The number of carbonyl (C=O) groups is 4. The predicted octanol–water partition coefficient (Wildman–Crippen LogP) is 4.09. The molecule has 2 heterocycles. The number of carbonyl (C=O) groups excluding carboxylic acids is 4. The summed E-state index contributed by atoms with van der Waals surface area (Å²) in [4.78, 5) is 56.2. The molecule has 13 heteroatoms. The van der Waals surface area contributed by atoms with Crippen molar-refractivity contribution in [3.63, 3.8) is 0 Å². The highest BCUT2D eigenvalue weighted by atomic mass is 19.4. The van der Waals surface area contributed by atoms with E-state index < -0.39 is 60.5 Å². The molecule has 1 aromatic heterocycles. The van der Waals surface area contributed by atoms with Gasteiger partial charge in [0.1, 0.15) is 18.4 Å². The lowest BCUT2D eigenvalue weighted by Crippen LogP contribution is -2.51. The third kappa shape index (κ3) is 5.17. The van der Waals surface area contributed by atoms with E-state index in [4.69, 9.17) is 10.5 Å². The van der Waals surface area contributed by atoms with Gasteiger partial charge in [-0.1, -0.05) is 24.3 Å². The SMILES string of the molecule is C[C@H](N(Cc1ccc(F)cc1)C(=O)CN1C(=O)O[C@@]2(CCc3cc(-c4ccc(C(N)=O)cn4)ccc32)C1=O)C(F)(F)F. The third-order valence-electron chi connectivity index (χ3n) is 7.52. The summed E-state index contributed by atoms with van der Waals surface area (Å²) in [5, 5.41) is 0. The van der Waals surface area contributed by atoms with Crippen LogP contribution in [0.3, 0.4) is 0 Å². The van der Waals surface area contributed by atoms with Crippen LogP contribution in [-0.2, 0) is 32.9 Å².